The zero-order valence-corrected chi connectivity index (χ0v) is 12.0. The van der Waals surface area contributed by atoms with Crippen LogP contribution in [0.15, 0.2) is 17.5 Å². The van der Waals surface area contributed by atoms with Gasteiger partial charge in [-0.15, -0.1) is 11.3 Å². The third-order valence-electron chi connectivity index (χ3n) is 3.49. The van der Waals surface area contributed by atoms with Gasteiger partial charge in [0, 0.05) is 43.8 Å². The van der Waals surface area contributed by atoms with Crippen LogP contribution in [-0.4, -0.2) is 43.8 Å². The Morgan fingerprint density at radius 2 is 2.28 bits per heavy atom. The van der Waals surface area contributed by atoms with Crippen molar-refractivity contribution < 1.29 is 4.74 Å². The van der Waals surface area contributed by atoms with Crippen LogP contribution >= 0.6 is 11.3 Å². The standard InChI is InChI=1S/C14H24N2OS/c1-2-16(12-14-4-3-11-18-14)8-7-15-13-5-9-17-10-6-13/h3-4,11,13,15H,2,5-10,12H2,1H3. The van der Waals surface area contributed by atoms with E-state index in [0.29, 0.717) is 6.04 Å². The fourth-order valence-corrected chi connectivity index (χ4v) is 3.05. The first-order chi connectivity index (χ1) is 8.88. The molecule has 0 radical (unpaired) electrons. The summed E-state index contributed by atoms with van der Waals surface area (Å²) in [7, 11) is 0. The highest BCUT2D eigenvalue weighted by Crippen LogP contribution is 2.11. The molecule has 0 spiro atoms. The fourth-order valence-electron chi connectivity index (χ4n) is 2.30. The van der Waals surface area contributed by atoms with Gasteiger partial charge in [0.2, 0.25) is 0 Å². The quantitative estimate of drug-likeness (QED) is 0.821. The first kappa shape index (κ1) is 14.0. The maximum absolute atomic E-state index is 5.37. The number of nitrogens with zero attached hydrogens (tertiary/aromatic N) is 1. The Labute approximate surface area is 114 Å². The van der Waals surface area contributed by atoms with E-state index in [2.05, 4.69) is 34.7 Å². The lowest BCUT2D eigenvalue weighted by Gasteiger charge is -2.25. The molecule has 1 aliphatic heterocycles. The third kappa shape index (κ3) is 4.69. The van der Waals surface area contributed by atoms with E-state index in [0.717, 1.165) is 52.2 Å². The molecule has 1 aliphatic rings. The lowest BCUT2D eigenvalue weighted by atomic mass is 10.1. The second-order valence-electron chi connectivity index (χ2n) is 4.79. The maximum Gasteiger partial charge on any atom is 0.0480 e. The summed E-state index contributed by atoms with van der Waals surface area (Å²) in [5.74, 6) is 0. The minimum Gasteiger partial charge on any atom is -0.381 e. The minimum absolute atomic E-state index is 0.666. The second-order valence-corrected chi connectivity index (χ2v) is 5.82. The second kappa shape index (κ2) is 7.89. The van der Waals surface area contributed by atoms with Crippen molar-refractivity contribution in [1.82, 2.24) is 10.2 Å². The highest BCUT2D eigenvalue weighted by molar-refractivity contribution is 7.09. The summed E-state index contributed by atoms with van der Waals surface area (Å²) in [5, 5.41) is 5.80. The average Bonchev–Trinajstić information content (AvgIpc) is 2.92. The molecule has 0 bridgehead atoms. The molecule has 1 fully saturated rings. The number of likely N-dealkylation sites (N-methyl/N-ethyl adjacent to an activating group) is 1. The summed E-state index contributed by atoms with van der Waals surface area (Å²) in [6, 6.07) is 5.02. The van der Waals surface area contributed by atoms with Gasteiger partial charge < -0.3 is 10.1 Å². The van der Waals surface area contributed by atoms with Crippen molar-refractivity contribution in [1.29, 1.82) is 0 Å². The summed E-state index contributed by atoms with van der Waals surface area (Å²) < 4.78 is 5.37. The molecular formula is C14H24N2OS. The average molecular weight is 268 g/mol. The largest absolute Gasteiger partial charge is 0.381 e. The van der Waals surface area contributed by atoms with Crippen LogP contribution in [0.2, 0.25) is 0 Å². The molecule has 2 heterocycles. The molecule has 0 unspecified atom stereocenters. The van der Waals surface area contributed by atoms with Crippen molar-refractivity contribution in [2.45, 2.75) is 32.4 Å². The first-order valence-electron chi connectivity index (χ1n) is 6.94. The zero-order valence-electron chi connectivity index (χ0n) is 11.2. The number of thiophene rings is 1. The molecule has 0 atom stereocenters. The molecule has 0 saturated carbocycles. The van der Waals surface area contributed by atoms with Crippen LogP contribution in [0.1, 0.15) is 24.6 Å². The van der Waals surface area contributed by atoms with E-state index in [1.807, 2.05) is 11.3 Å². The normalized spacial score (nSPS) is 17.4. The predicted molar refractivity (Wildman–Crippen MR) is 77.1 cm³/mol. The summed E-state index contributed by atoms with van der Waals surface area (Å²) >= 11 is 1.85. The topological polar surface area (TPSA) is 24.5 Å². The van der Waals surface area contributed by atoms with Crippen molar-refractivity contribution in [3.05, 3.63) is 22.4 Å². The monoisotopic (exact) mass is 268 g/mol. The Kier molecular flexibility index (Phi) is 6.14. The Balaban J connectivity index is 1.64. The van der Waals surface area contributed by atoms with Gasteiger partial charge >= 0.3 is 0 Å². The highest BCUT2D eigenvalue weighted by Gasteiger charge is 2.13. The van der Waals surface area contributed by atoms with Gasteiger partial charge in [0.25, 0.3) is 0 Å². The van der Waals surface area contributed by atoms with Gasteiger partial charge in [-0.25, -0.2) is 0 Å². The molecular weight excluding hydrogens is 244 g/mol. The van der Waals surface area contributed by atoms with Crippen LogP contribution in [0, 0.1) is 0 Å². The molecule has 4 heteroatoms. The fraction of sp³-hybridized carbons (Fsp3) is 0.714. The predicted octanol–water partition coefficient (Wildman–Crippen LogP) is 2.34. The minimum atomic E-state index is 0.666. The molecule has 2 rings (SSSR count). The lowest BCUT2D eigenvalue weighted by Crippen LogP contribution is -2.39. The number of hydrogen-bond donors (Lipinski definition) is 1. The Bertz CT molecular complexity index is 310. The molecule has 3 nitrogen and oxygen atoms in total. The molecule has 0 amide bonds. The molecule has 0 aliphatic carbocycles. The number of ether oxygens (including phenoxy) is 1. The van der Waals surface area contributed by atoms with Crippen LogP contribution in [0.5, 0.6) is 0 Å². The molecule has 1 aromatic rings. The summed E-state index contributed by atoms with van der Waals surface area (Å²) in [6.45, 7) is 8.50. The zero-order chi connectivity index (χ0) is 12.6. The maximum atomic E-state index is 5.37. The van der Waals surface area contributed by atoms with Crippen molar-refractivity contribution in [2.24, 2.45) is 0 Å². The van der Waals surface area contributed by atoms with E-state index in [1.54, 1.807) is 0 Å². The number of nitrogens with one attached hydrogen (secondary N) is 1. The summed E-state index contributed by atoms with van der Waals surface area (Å²) in [5.41, 5.74) is 0. The first-order valence-corrected chi connectivity index (χ1v) is 7.82. The van der Waals surface area contributed by atoms with Gasteiger partial charge in [0.15, 0.2) is 0 Å². The molecule has 1 N–H and O–H groups in total. The number of rotatable bonds is 7. The molecule has 18 heavy (non-hydrogen) atoms. The van der Waals surface area contributed by atoms with Crippen LogP contribution in [0.4, 0.5) is 0 Å². The van der Waals surface area contributed by atoms with Gasteiger partial charge in [-0.3, -0.25) is 4.90 Å². The van der Waals surface area contributed by atoms with E-state index in [4.69, 9.17) is 4.74 Å². The summed E-state index contributed by atoms with van der Waals surface area (Å²) in [6.07, 6.45) is 2.33. The van der Waals surface area contributed by atoms with Crippen LogP contribution in [0.25, 0.3) is 0 Å². The van der Waals surface area contributed by atoms with Crippen molar-refractivity contribution in [3.8, 4) is 0 Å². The van der Waals surface area contributed by atoms with E-state index in [9.17, 15) is 0 Å². The smallest absolute Gasteiger partial charge is 0.0480 e. The third-order valence-corrected chi connectivity index (χ3v) is 4.35. The van der Waals surface area contributed by atoms with Gasteiger partial charge in [0.1, 0.15) is 0 Å². The summed E-state index contributed by atoms with van der Waals surface area (Å²) in [4.78, 5) is 3.96. The number of hydrogen-bond acceptors (Lipinski definition) is 4. The van der Waals surface area contributed by atoms with E-state index in [-0.39, 0.29) is 0 Å². The van der Waals surface area contributed by atoms with Gasteiger partial charge in [-0.1, -0.05) is 13.0 Å². The Morgan fingerprint density at radius 1 is 1.44 bits per heavy atom. The SMILES string of the molecule is CCN(CCNC1CCOCC1)Cc1cccs1. The van der Waals surface area contributed by atoms with Gasteiger partial charge in [-0.05, 0) is 30.8 Å². The van der Waals surface area contributed by atoms with Crippen molar-refractivity contribution in [2.75, 3.05) is 32.8 Å². The van der Waals surface area contributed by atoms with Crippen LogP contribution in [-0.2, 0) is 11.3 Å². The van der Waals surface area contributed by atoms with Gasteiger partial charge in [-0.2, -0.15) is 0 Å². The highest BCUT2D eigenvalue weighted by atomic mass is 32.1. The van der Waals surface area contributed by atoms with Crippen LogP contribution < -0.4 is 5.32 Å². The molecule has 102 valence electrons. The van der Waals surface area contributed by atoms with E-state index in [1.165, 1.54) is 4.88 Å². The van der Waals surface area contributed by atoms with Crippen LogP contribution in [0.3, 0.4) is 0 Å². The Hall–Kier alpha value is -0.420. The Morgan fingerprint density at radius 3 is 2.94 bits per heavy atom. The van der Waals surface area contributed by atoms with E-state index >= 15 is 0 Å². The lowest BCUT2D eigenvalue weighted by molar-refractivity contribution is 0.0772. The molecule has 1 saturated heterocycles. The van der Waals surface area contributed by atoms with Crippen molar-refractivity contribution >= 4 is 11.3 Å². The molecule has 1 aromatic heterocycles. The van der Waals surface area contributed by atoms with Gasteiger partial charge in [0.05, 0.1) is 0 Å². The van der Waals surface area contributed by atoms with E-state index < -0.39 is 0 Å². The molecule has 0 aromatic carbocycles. The van der Waals surface area contributed by atoms with Crippen molar-refractivity contribution in [3.63, 3.8) is 0 Å².